The van der Waals surface area contributed by atoms with Gasteiger partial charge in [0, 0.05) is 19.1 Å². The lowest BCUT2D eigenvalue weighted by Crippen LogP contribution is -2.42. The van der Waals surface area contributed by atoms with Crippen LogP contribution in [0.1, 0.15) is 27.7 Å². The molecule has 0 saturated carbocycles. The first-order valence-electron chi connectivity index (χ1n) is 6.34. The second kappa shape index (κ2) is 8.31. The molecule has 120 valence electrons. The summed E-state index contributed by atoms with van der Waals surface area (Å²) in [6, 6.07) is -0.1000. The molecule has 0 fully saturated rings. The van der Waals surface area contributed by atoms with Gasteiger partial charge in [0.25, 0.3) is 0 Å². The van der Waals surface area contributed by atoms with E-state index >= 15 is 0 Å². The van der Waals surface area contributed by atoms with Gasteiger partial charge < -0.3 is 20.1 Å². The van der Waals surface area contributed by atoms with Gasteiger partial charge in [-0.2, -0.15) is 13.2 Å². The van der Waals surface area contributed by atoms with Crippen LogP contribution in [0.15, 0.2) is 0 Å². The monoisotopic (exact) mass is 300 g/mol. The third-order valence-electron chi connectivity index (χ3n) is 1.96. The van der Waals surface area contributed by atoms with E-state index in [1.807, 2.05) is 0 Å². The molecule has 0 bridgehead atoms. The molecule has 0 heterocycles. The summed E-state index contributed by atoms with van der Waals surface area (Å²) >= 11 is 0. The van der Waals surface area contributed by atoms with Crippen LogP contribution in [0.5, 0.6) is 0 Å². The van der Waals surface area contributed by atoms with Gasteiger partial charge in [-0.05, 0) is 27.7 Å². The van der Waals surface area contributed by atoms with E-state index in [1.165, 1.54) is 0 Å². The van der Waals surface area contributed by atoms with Gasteiger partial charge in [-0.3, -0.25) is 0 Å². The lowest BCUT2D eigenvalue weighted by atomic mass is 10.2. The molecule has 5 nitrogen and oxygen atoms in total. The summed E-state index contributed by atoms with van der Waals surface area (Å²) in [5.74, 6) is 0. The Kier molecular flexibility index (Phi) is 7.88. The fourth-order valence-electron chi connectivity index (χ4n) is 1.19. The number of nitrogens with one attached hydrogen (secondary N) is 2. The number of carbonyl (C=O) groups excluding carboxylic acids is 1. The van der Waals surface area contributed by atoms with Crippen LogP contribution < -0.4 is 10.6 Å². The highest BCUT2D eigenvalue weighted by Gasteiger charge is 2.27. The molecule has 0 aromatic carbocycles. The van der Waals surface area contributed by atoms with Crippen molar-refractivity contribution >= 4 is 6.09 Å². The van der Waals surface area contributed by atoms with Gasteiger partial charge in [-0.15, -0.1) is 0 Å². The largest absolute Gasteiger partial charge is 0.444 e. The third-order valence-corrected chi connectivity index (χ3v) is 1.96. The first kappa shape index (κ1) is 19.0. The van der Waals surface area contributed by atoms with E-state index < -0.39 is 24.5 Å². The number of rotatable bonds is 7. The van der Waals surface area contributed by atoms with Crippen LogP contribution in [-0.2, 0) is 9.47 Å². The van der Waals surface area contributed by atoms with E-state index in [9.17, 15) is 18.0 Å². The quantitative estimate of drug-likeness (QED) is 0.707. The second-order valence-corrected chi connectivity index (χ2v) is 5.41. The fourth-order valence-corrected chi connectivity index (χ4v) is 1.19. The Morgan fingerprint density at radius 1 is 1.25 bits per heavy atom. The molecule has 0 spiro atoms. The first-order chi connectivity index (χ1) is 8.99. The Balaban J connectivity index is 3.60. The maximum absolute atomic E-state index is 11.8. The van der Waals surface area contributed by atoms with Gasteiger partial charge in [-0.25, -0.2) is 4.79 Å². The number of ether oxygens (including phenoxy) is 2. The van der Waals surface area contributed by atoms with Crippen molar-refractivity contribution in [1.82, 2.24) is 10.6 Å². The minimum absolute atomic E-state index is 0.0453. The third kappa shape index (κ3) is 13.4. The Morgan fingerprint density at radius 3 is 2.35 bits per heavy atom. The summed E-state index contributed by atoms with van der Waals surface area (Å²) in [5.41, 5.74) is -0.563. The molecule has 8 heteroatoms. The molecule has 0 aromatic heterocycles. The van der Waals surface area contributed by atoms with E-state index in [0.717, 1.165) is 0 Å². The van der Waals surface area contributed by atoms with E-state index in [1.54, 1.807) is 27.7 Å². The normalized spacial score (nSPS) is 13.9. The highest BCUT2D eigenvalue weighted by atomic mass is 19.4. The zero-order chi connectivity index (χ0) is 15.8. The van der Waals surface area contributed by atoms with Gasteiger partial charge in [-0.1, -0.05) is 0 Å². The lowest BCUT2D eigenvalue weighted by molar-refractivity contribution is -0.173. The molecule has 0 aliphatic carbocycles. The number of hydrogen-bond donors (Lipinski definition) is 2. The maximum atomic E-state index is 11.8. The number of alkyl carbamates (subject to hydrolysis) is 1. The van der Waals surface area contributed by atoms with Crippen LogP contribution in [-0.4, -0.2) is 50.2 Å². The predicted molar refractivity (Wildman–Crippen MR) is 68.6 cm³/mol. The zero-order valence-electron chi connectivity index (χ0n) is 12.3. The van der Waals surface area contributed by atoms with Crippen molar-refractivity contribution in [2.24, 2.45) is 0 Å². The molecule has 20 heavy (non-hydrogen) atoms. The highest BCUT2D eigenvalue weighted by molar-refractivity contribution is 5.67. The molecule has 0 aromatic rings. The summed E-state index contributed by atoms with van der Waals surface area (Å²) in [4.78, 5) is 11.3. The van der Waals surface area contributed by atoms with E-state index in [4.69, 9.17) is 4.74 Å². The SMILES string of the molecule is CC(CNC(=O)OC(C)(C)C)NCCOCC(F)(F)F. The van der Waals surface area contributed by atoms with Crippen molar-refractivity contribution in [3.05, 3.63) is 0 Å². The molecule has 1 unspecified atom stereocenters. The highest BCUT2D eigenvalue weighted by Crippen LogP contribution is 2.13. The van der Waals surface area contributed by atoms with E-state index in [-0.39, 0.29) is 19.2 Å². The lowest BCUT2D eigenvalue weighted by Gasteiger charge is -2.21. The molecular weight excluding hydrogens is 277 g/mol. The van der Waals surface area contributed by atoms with Crippen molar-refractivity contribution in [1.29, 1.82) is 0 Å². The van der Waals surface area contributed by atoms with Crippen molar-refractivity contribution in [3.63, 3.8) is 0 Å². The summed E-state index contributed by atoms with van der Waals surface area (Å²) in [5, 5.41) is 5.48. The van der Waals surface area contributed by atoms with Crippen LogP contribution in [0.2, 0.25) is 0 Å². The van der Waals surface area contributed by atoms with E-state index in [2.05, 4.69) is 15.4 Å². The van der Waals surface area contributed by atoms with Gasteiger partial charge in [0.05, 0.1) is 6.61 Å². The molecule has 0 rings (SSSR count). The first-order valence-corrected chi connectivity index (χ1v) is 6.34. The Hall–Kier alpha value is -1.02. The number of alkyl halides is 3. The number of amides is 1. The van der Waals surface area contributed by atoms with Crippen molar-refractivity contribution in [2.45, 2.75) is 45.5 Å². The summed E-state index contributed by atoms with van der Waals surface area (Å²) < 4.78 is 44.8. The van der Waals surface area contributed by atoms with Crippen LogP contribution in [0, 0.1) is 0 Å². The van der Waals surface area contributed by atoms with Crippen LogP contribution in [0.25, 0.3) is 0 Å². The van der Waals surface area contributed by atoms with Gasteiger partial charge in [0.2, 0.25) is 0 Å². The molecule has 0 saturated heterocycles. The van der Waals surface area contributed by atoms with Gasteiger partial charge in [0.15, 0.2) is 0 Å². The fraction of sp³-hybridized carbons (Fsp3) is 0.917. The maximum Gasteiger partial charge on any atom is 0.411 e. The summed E-state index contributed by atoms with van der Waals surface area (Å²) in [6.45, 7) is 6.35. The van der Waals surface area contributed by atoms with Crippen molar-refractivity contribution in [2.75, 3.05) is 26.3 Å². The van der Waals surface area contributed by atoms with E-state index in [0.29, 0.717) is 6.54 Å². The Bertz CT molecular complexity index is 291. The van der Waals surface area contributed by atoms with Crippen molar-refractivity contribution in [3.8, 4) is 0 Å². The minimum Gasteiger partial charge on any atom is -0.444 e. The molecular formula is C12H23F3N2O3. The topological polar surface area (TPSA) is 59.6 Å². The van der Waals surface area contributed by atoms with Crippen LogP contribution >= 0.6 is 0 Å². The molecule has 0 aliphatic rings. The van der Waals surface area contributed by atoms with Crippen molar-refractivity contribution < 1.29 is 27.4 Å². The van der Waals surface area contributed by atoms with Crippen LogP contribution in [0.3, 0.4) is 0 Å². The van der Waals surface area contributed by atoms with Crippen LogP contribution in [0.4, 0.5) is 18.0 Å². The number of halogens is 3. The average Bonchev–Trinajstić information content (AvgIpc) is 2.22. The number of carbonyl (C=O) groups is 1. The predicted octanol–water partition coefficient (Wildman–Crippen LogP) is 2.07. The molecule has 0 radical (unpaired) electrons. The summed E-state index contributed by atoms with van der Waals surface area (Å²) in [6.07, 6.45) is -4.83. The Labute approximate surface area is 117 Å². The summed E-state index contributed by atoms with van der Waals surface area (Å²) in [7, 11) is 0. The van der Waals surface area contributed by atoms with Gasteiger partial charge in [0.1, 0.15) is 12.2 Å². The second-order valence-electron chi connectivity index (χ2n) is 5.41. The molecule has 1 amide bonds. The minimum atomic E-state index is -4.30. The Morgan fingerprint density at radius 2 is 1.85 bits per heavy atom. The number of hydrogen-bond acceptors (Lipinski definition) is 4. The molecule has 2 N–H and O–H groups in total. The average molecular weight is 300 g/mol. The molecule has 0 aliphatic heterocycles. The van der Waals surface area contributed by atoms with Gasteiger partial charge >= 0.3 is 12.3 Å². The molecule has 1 atom stereocenters. The standard InChI is InChI=1S/C12H23F3N2O3/c1-9(7-17-10(18)20-11(2,3)4)16-5-6-19-8-12(13,14)15/h9,16H,5-8H2,1-4H3,(H,17,18). The smallest absolute Gasteiger partial charge is 0.411 e. The zero-order valence-corrected chi connectivity index (χ0v) is 12.3.